The van der Waals surface area contributed by atoms with Crippen LogP contribution >= 0.6 is 12.2 Å². The van der Waals surface area contributed by atoms with Crippen LogP contribution in [0.15, 0.2) is 47.1 Å². The molecule has 0 unspecified atom stereocenters. The van der Waals surface area contributed by atoms with E-state index in [0.29, 0.717) is 30.3 Å². The Kier molecular flexibility index (Phi) is 6.17. The van der Waals surface area contributed by atoms with E-state index in [2.05, 4.69) is 10.6 Å². The second kappa shape index (κ2) is 8.33. The van der Waals surface area contributed by atoms with Gasteiger partial charge in [0.05, 0.1) is 12.8 Å². The van der Waals surface area contributed by atoms with Crippen LogP contribution in [0.2, 0.25) is 0 Å². The van der Waals surface area contributed by atoms with Crippen molar-refractivity contribution in [1.82, 2.24) is 10.2 Å². The maximum atomic E-state index is 12.2. The summed E-state index contributed by atoms with van der Waals surface area (Å²) in [5.74, 6) is 0.856. The van der Waals surface area contributed by atoms with Gasteiger partial charge in [0.25, 0.3) is 5.91 Å². The lowest BCUT2D eigenvalue weighted by Gasteiger charge is -2.18. The van der Waals surface area contributed by atoms with Crippen LogP contribution in [0, 0.1) is 0 Å². The highest BCUT2D eigenvalue weighted by Gasteiger charge is 2.11. The number of nitrogens with one attached hydrogen (secondary N) is 2. The van der Waals surface area contributed by atoms with Gasteiger partial charge in [-0.2, -0.15) is 0 Å². The predicted octanol–water partition coefficient (Wildman–Crippen LogP) is 3.25. The fourth-order valence-electron chi connectivity index (χ4n) is 2.15. The van der Waals surface area contributed by atoms with Gasteiger partial charge in [0.1, 0.15) is 5.76 Å². The number of carbonyl (C=O) groups excluding carboxylic acids is 1. The molecule has 2 N–H and O–H groups in total. The standard InChI is InChI=1S/C17H21N3O2S/c1-3-20(4-2)16(21)13-7-9-14(10-8-13)19-17(23)18-12-15-6-5-11-22-15/h5-11H,3-4,12H2,1-2H3,(H2,18,19,23). The summed E-state index contributed by atoms with van der Waals surface area (Å²) in [6.45, 7) is 5.88. The molecule has 0 spiro atoms. The first-order valence-corrected chi connectivity index (χ1v) is 8.01. The monoisotopic (exact) mass is 331 g/mol. The minimum absolute atomic E-state index is 0.0417. The van der Waals surface area contributed by atoms with Crippen LogP contribution in [0.1, 0.15) is 30.0 Å². The number of thiocarbonyl (C=S) groups is 1. The van der Waals surface area contributed by atoms with Gasteiger partial charge in [-0.05, 0) is 62.5 Å². The summed E-state index contributed by atoms with van der Waals surface area (Å²) in [7, 11) is 0. The molecule has 6 heteroatoms. The van der Waals surface area contributed by atoms with Crippen LogP contribution in [0.4, 0.5) is 5.69 Å². The van der Waals surface area contributed by atoms with Crippen LogP contribution in [-0.4, -0.2) is 29.0 Å². The third kappa shape index (κ3) is 4.82. The Morgan fingerprint density at radius 3 is 2.43 bits per heavy atom. The van der Waals surface area contributed by atoms with E-state index in [-0.39, 0.29) is 5.91 Å². The molecule has 0 saturated heterocycles. The molecule has 23 heavy (non-hydrogen) atoms. The Labute approximate surface area is 141 Å². The zero-order valence-corrected chi connectivity index (χ0v) is 14.2. The summed E-state index contributed by atoms with van der Waals surface area (Å²) in [5, 5.41) is 6.64. The lowest BCUT2D eigenvalue weighted by atomic mass is 10.2. The highest BCUT2D eigenvalue weighted by atomic mass is 32.1. The van der Waals surface area contributed by atoms with Crippen molar-refractivity contribution in [2.24, 2.45) is 0 Å². The summed E-state index contributed by atoms with van der Waals surface area (Å²) in [4.78, 5) is 14.0. The average molecular weight is 331 g/mol. The Morgan fingerprint density at radius 1 is 1.17 bits per heavy atom. The molecule has 0 fully saturated rings. The summed E-state index contributed by atoms with van der Waals surface area (Å²) in [6.07, 6.45) is 1.62. The van der Waals surface area contributed by atoms with Crippen molar-refractivity contribution in [2.75, 3.05) is 18.4 Å². The van der Waals surface area contributed by atoms with E-state index in [1.165, 1.54) is 0 Å². The van der Waals surface area contributed by atoms with Crippen LogP contribution < -0.4 is 10.6 Å². The van der Waals surface area contributed by atoms with E-state index < -0.39 is 0 Å². The minimum Gasteiger partial charge on any atom is -0.467 e. The molecule has 0 bridgehead atoms. The van der Waals surface area contributed by atoms with Crippen molar-refractivity contribution in [3.05, 3.63) is 54.0 Å². The van der Waals surface area contributed by atoms with E-state index >= 15 is 0 Å². The summed E-state index contributed by atoms with van der Waals surface area (Å²) in [5.41, 5.74) is 1.51. The van der Waals surface area contributed by atoms with Crippen molar-refractivity contribution in [1.29, 1.82) is 0 Å². The molecule has 0 saturated carbocycles. The van der Waals surface area contributed by atoms with Crippen molar-refractivity contribution in [3.8, 4) is 0 Å². The Balaban J connectivity index is 1.89. The fourth-order valence-corrected chi connectivity index (χ4v) is 2.34. The van der Waals surface area contributed by atoms with Crippen molar-refractivity contribution in [2.45, 2.75) is 20.4 Å². The van der Waals surface area contributed by atoms with E-state index in [4.69, 9.17) is 16.6 Å². The van der Waals surface area contributed by atoms with Crippen LogP contribution in [0.3, 0.4) is 0 Å². The maximum Gasteiger partial charge on any atom is 0.253 e. The largest absolute Gasteiger partial charge is 0.467 e. The first-order chi connectivity index (χ1) is 11.1. The highest BCUT2D eigenvalue weighted by molar-refractivity contribution is 7.80. The predicted molar refractivity (Wildman–Crippen MR) is 95.5 cm³/mol. The molecule has 2 rings (SSSR count). The molecule has 1 heterocycles. The van der Waals surface area contributed by atoms with Gasteiger partial charge in [-0.25, -0.2) is 0 Å². The van der Waals surface area contributed by atoms with E-state index in [0.717, 1.165) is 11.4 Å². The van der Waals surface area contributed by atoms with Crippen molar-refractivity contribution in [3.63, 3.8) is 0 Å². The number of amides is 1. The number of anilines is 1. The molecule has 5 nitrogen and oxygen atoms in total. The van der Waals surface area contributed by atoms with Gasteiger partial charge in [0.2, 0.25) is 0 Å². The van der Waals surface area contributed by atoms with Crippen LogP contribution in [0.5, 0.6) is 0 Å². The second-order valence-corrected chi connectivity index (χ2v) is 5.35. The average Bonchev–Trinajstić information content (AvgIpc) is 3.08. The van der Waals surface area contributed by atoms with Gasteiger partial charge in [-0.15, -0.1) is 0 Å². The molecular formula is C17H21N3O2S. The molecule has 1 aromatic carbocycles. The number of nitrogens with zero attached hydrogens (tertiary/aromatic N) is 1. The maximum absolute atomic E-state index is 12.2. The van der Waals surface area contributed by atoms with Crippen LogP contribution in [-0.2, 0) is 6.54 Å². The molecule has 0 radical (unpaired) electrons. The summed E-state index contributed by atoms with van der Waals surface area (Å²) < 4.78 is 5.23. The molecule has 2 aromatic rings. The van der Waals surface area contributed by atoms with E-state index in [1.807, 2.05) is 38.1 Å². The zero-order valence-electron chi connectivity index (χ0n) is 13.3. The lowest BCUT2D eigenvalue weighted by molar-refractivity contribution is 0.0773. The normalized spacial score (nSPS) is 10.2. The van der Waals surface area contributed by atoms with Gasteiger partial charge in [-0.1, -0.05) is 0 Å². The molecule has 1 amide bonds. The zero-order chi connectivity index (χ0) is 16.7. The highest BCUT2D eigenvalue weighted by Crippen LogP contribution is 2.12. The van der Waals surface area contributed by atoms with Gasteiger partial charge in [-0.3, -0.25) is 4.79 Å². The van der Waals surface area contributed by atoms with Gasteiger partial charge < -0.3 is 20.0 Å². The molecule has 1 aromatic heterocycles. The Morgan fingerprint density at radius 2 is 1.87 bits per heavy atom. The van der Waals surface area contributed by atoms with Gasteiger partial charge >= 0.3 is 0 Å². The Hall–Kier alpha value is -2.34. The Bertz CT molecular complexity index is 634. The van der Waals surface area contributed by atoms with Gasteiger partial charge in [0, 0.05) is 24.3 Å². The number of rotatable bonds is 6. The molecule has 0 aliphatic heterocycles. The number of hydrogen-bond donors (Lipinski definition) is 2. The number of hydrogen-bond acceptors (Lipinski definition) is 3. The number of benzene rings is 1. The molecule has 0 aliphatic carbocycles. The third-order valence-electron chi connectivity index (χ3n) is 3.44. The van der Waals surface area contributed by atoms with E-state index in [1.54, 1.807) is 23.3 Å². The second-order valence-electron chi connectivity index (χ2n) is 4.94. The van der Waals surface area contributed by atoms with Gasteiger partial charge in [0.15, 0.2) is 5.11 Å². The quantitative estimate of drug-likeness (QED) is 0.796. The SMILES string of the molecule is CCN(CC)C(=O)c1ccc(NC(=S)NCc2ccco2)cc1. The van der Waals surface area contributed by atoms with Crippen LogP contribution in [0.25, 0.3) is 0 Å². The van der Waals surface area contributed by atoms with Crippen molar-refractivity contribution < 1.29 is 9.21 Å². The molecular weight excluding hydrogens is 310 g/mol. The molecule has 0 atom stereocenters. The first-order valence-electron chi connectivity index (χ1n) is 7.60. The minimum atomic E-state index is 0.0417. The van der Waals surface area contributed by atoms with E-state index in [9.17, 15) is 4.79 Å². The first kappa shape index (κ1) is 17.0. The fraction of sp³-hybridized carbons (Fsp3) is 0.294. The third-order valence-corrected chi connectivity index (χ3v) is 3.69. The molecule has 122 valence electrons. The molecule has 0 aliphatic rings. The topological polar surface area (TPSA) is 57.5 Å². The number of furan rings is 1. The summed E-state index contributed by atoms with van der Waals surface area (Å²) >= 11 is 5.23. The number of carbonyl (C=O) groups is 1. The lowest BCUT2D eigenvalue weighted by Crippen LogP contribution is -2.30. The smallest absolute Gasteiger partial charge is 0.253 e. The summed E-state index contributed by atoms with van der Waals surface area (Å²) in [6, 6.07) is 11.0. The van der Waals surface area contributed by atoms with Crippen molar-refractivity contribution >= 4 is 28.9 Å².